The lowest BCUT2D eigenvalue weighted by Gasteiger charge is -2.29. The van der Waals surface area contributed by atoms with E-state index in [0.717, 1.165) is 6.54 Å². The molecule has 0 radical (unpaired) electrons. The summed E-state index contributed by atoms with van der Waals surface area (Å²) in [4.78, 5) is 14.1. The minimum absolute atomic E-state index is 0.0980. The predicted molar refractivity (Wildman–Crippen MR) is 76.0 cm³/mol. The molecule has 5 nitrogen and oxygen atoms in total. The fourth-order valence-electron chi connectivity index (χ4n) is 2.16. The standard InChI is InChI=1S/C14H21FN4O/c15-5-11(6-16)7-18-8-12-13(17)3-4-19(14(12)20)9-10-1-2-10/h5,8,10,17-18H,1-4,6-7,9,16H2/b11-5+,12-8+,17-13?. The molecule has 0 unspecified atom stereocenters. The maximum absolute atomic E-state index is 12.4. The molecule has 0 atom stereocenters. The van der Waals surface area contributed by atoms with Crippen molar-refractivity contribution in [1.29, 1.82) is 5.41 Å². The van der Waals surface area contributed by atoms with E-state index in [1.165, 1.54) is 19.0 Å². The molecule has 1 amide bonds. The summed E-state index contributed by atoms with van der Waals surface area (Å²) >= 11 is 0. The molecule has 2 rings (SSSR count). The topological polar surface area (TPSA) is 82.2 Å². The van der Waals surface area contributed by atoms with Crippen LogP contribution >= 0.6 is 0 Å². The van der Waals surface area contributed by atoms with Crippen LogP contribution in [0.15, 0.2) is 23.7 Å². The van der Waals surface area contributed by atoms with Crippen LogP contribution in [-0.4, -0.2) is 42.7 Å². The van der Waals surface area contributed by atoms with E-state index in [-0.39, 0.29) is 19.0 Å². The molecule has 0 aromatic heterocycles. The molecule has 0 aromatic carbocycles. The van der Waals surface area contributed by atoms with Crippen molar-refractivity contribution in [3.63, 3.8) is 0 Å². The molecule has 1 aliphatic heterocycles. The van der Waals surface area contributed by atoms with Crippen LogP contribution in [-0.2, 0) is 4.79 Å². The Kier molecular flexibility index (Phi) is 4.89. The Morgan fingerprint density at radius 2 is 2.30 bits per heavy atom. The van der Waals surface area contributed by atoms with E-state index in [1.54, 1.807) is 0 Å². The highest BCUT2D eigenvalue weighted by Gasteiger charge is 2.32. The number of nitrogens with one attached hydrogen (secondary N) is 2. The highest BCUT2D eigenvalue weighted by molar-refractivity contribution is 6.21. The van der Waals surface area contributed by atoms with Crippen molar-refractivity contribution in [2.24, 2.45) is 11.7 Å². The van der Waals surface area contributed by atoms with Crippen LogP contribution < -0.4 is 11.1 Å². The maximum atomic E-state index is 12.4. The van der Waals surface area contributed by atoms with E-state index in [0.29, 0.717) is 42.1 Å². The van der Waals surface area contributed by atoms with E-state index >= 15 is 0 Å². The van der Waals surface area contributed by atoms with Crippen LogP contribution in [0.5, 0.6) is 0 Å². The third-order valence-electron chi connectivity index (χ3n) is 3.64. The molecule has 1 saturated heterocycles. The molecule has 110 valence electrons. The number of carbonyl (C=O) groups excluding carboxylic acids is 1. The zero-order valence-electron chi connectivity index (χ0n) is 11.5. The van der Waals surface area contributed by atoms with Gasteiger partial charge in [-0.15, -0.1) is 0 Å². The molecule has 4 N–H and O–H groups in total. The van der Waals surface area contributed by atoms with Gasteiger partial charge in [0.15, 0.2) is 0 Å². The van der Waals surface area contributed by atoms with Crippen LogP contribution in [0.3, 0.4) is 0 Å². The molecule has 1 aliphatic carbocycles. The van der Waals surface area contributed by atoms with Crippen LogP contribution in [0.2, 0.25) is 0 Å². The largest absolute Gasteiger partial charge is 0.386 e. The number of amides is 1. The molecule has 0 bridgehead atoms. The second kappa shape index (κ2) is 6.65. The van der Waals surface area contributed by atoms with Crippen LogP contribution in [0.1, 0.15) is 19.3 Å². The molecule has 6 heteroatoms. The Labute approximate surface area is 118 Å². The summed E-state index contributed by atoms with van der Waals surface area (Å²) in [6.45, 7) is 1.80. The molecular formula is C14H21FN4O. The molecule has 20 heavy (non-hydrogen) atoms. The number of likely N-dealkylation sites (tertiary alicyclic amines) is 1. The van der Waals surface area contributed by atoms with Crippen molar-refractivity contribution in [1.82, 2.24) is 10.2 Å². The Morgan fingerprint density at radius 3 is 2.90 bits per heavy atom. The van der Waals surface area contributed by atoms with Gasteiger partial charge in [-0.25, -0.2) is 4.39 Å². The summed E-state index contributed by atoms with van der Waals surface area (Å²) < 4.78 is 12.4. The molecule has 1 saturated carbocycles. The quantitative estimate of drug-likeness (QED) is 0.633. The van der Waals surface area contributed by atoms with Crippen molar-refractivity contribution in [2.45, 2.75) is 19.3 Å². The Morgan fingerprint density at radius 1 is 1.55 bits per heavy atom. The number of rotatable bonds is 6. The van der Waals surface area contributed by atoms with Gasteiger partial charge in [0, 0.05) is 44.5 Å². The van der Waals surface area contributed by atoms with Crippen molar-refractivity contribution < 1.29 is 9.18 Å². The van der Waals surface area contributed by atoms with E-state index in [1.807, 2.05) is 4.90 Å². The number of halogens is 1. The smallest absolute Gasteiger partial charge is 0.257 e. The molecular weight excluding hydrogens is 259 g/mol. The molecule has 0 aromatic rings. The number of hydrogen-bond acceptors (Lipinski definition) is 4. The Balaban J connectivity index is 1.95. The van der Waals surface area contributed by atoms with Gasteiger partial charge in [0.25, 0.3) is 5.91 Å². The summed E-state index contributed by atoms with van der Waals surface area (Å²) in [7, 11) is 0. The van der Waals surface area contributed by atoms with Gasteiger partial charge in [0.1, 0.15) is 0 Å². The van der Waals surface area contributed by atoms with Crippen LogP contribution in [0.25, 0.3) is 0 Å². The third kappa shape index (κ3) is 3.66. The SMILES string of the molecule is N=C1CCN(CC2CC2)C(=O)/C1=C/NC/C(=C/F)CN. The third-order valence-corrected chi connectivity index (χ3v) is 3.64. The van der Waals surface area contributed by atoms with Crippen molar-refractivity contribution >= 4 is 11.6 Å². The van der Waals surface area contributed by atoms with E-state index in [4.69, 9.17) is 11.1 Å². The highest BCUT2D eigenvalue weighted by atomic mass is 19.1. The molecule has 2 fully saturated rings. The summed E-state index contributed by atoms with van der Waals surface area (Å²) in [5, 5.41) is 10.7. The second-order valence-corrected chi connectivity index (χ2v) is 5.33. The monoisotopic (exact) mass is 280 g/mol. The predicted octanol–water partition coefficient (Wildman–Crippen LogP) is 0.934. The minimum atomic E-state index is -0.0980. The number of hydrogen-bond donors (Lipinski definition) is 3. The Bertz CT molecular complexity index is 454. The fourth-order valence-corrected chi connectivity index (χ4v) is 2.16. The minimum Gasteiger partial charge on any atom is -0.386 e. The van der Waals surface area contributed by atoms with E-state index in [9.17, 15) is 9.18 Å². The average molecular weight is 280 g/mol. The van der Waals surface area contributed by atoms with E-state index in [2.05, 4.69) is 5.32 Å². The zero-order valence-corrected chi connectivity index (χ0v) is 11.5. The highest BCUT2D eigenvalue weighted by Crippen LogP contribution is 2.31. The molecule has 2 aliphatic rings. The van der Waals surface area contributed by atoms with E-state index < -0.39 is 0 Å². The summed E-state index contributed by atoms with van der Waals surface area (Å²) in [5.41, 5.74) is 6.50. The first-order valence-electron chi connectivity index (χ1n) is 6.94. The average Bonchev–Trinajstić information content (AvgIpc) is 3.25. The van der Waals surface area contributed by atoms with Crippen molar-refractivity contribution in [2.75, 3.05) is 26.2 Å². The Hall–Kier alpha value is -1.69. The number of carbonyl (C=O) groups is 1. The second-order valence-electron chi connectivity index (χ2n) is 5.33. The zero-order chi connectivity index (χ0) is 14.5. The first-order chi connectivity index (χ1) is 9.65. The van der Waals surface area contributed by atoms with Crippen LogP contribution in [0.4, 0.5) is 4.39 Å². The van der Waals surface area contributed by atoms with Crippen molar-refractivity contribution in [3.8, 4) is 0 Å². The van der Waals surface area contributed by atoms with Gasteiger partial charge in [-0.3, -0.25) is 4.79 Å². The number of piperidine rings is 1. The molecule has 0 spiro atoms. The normalized spacial score (nSPS) is 22.6. The van der Waals surface area contributed by atoms with Gasteiger partial charge in [-0.1, -0.05) is 0 Å². The lowest BCUT2D eigenvalue weighted by molar-refractivity contribution is -0.127. The summed E-state index contributed by atoms with van der Waals surface area (Å²) in [6.07, 6.45) is 4.95. The van der Waals surface area contributed by atoms with Gasteiger partial charge in [0.2, 0.25) is 0 Å². The van der Waals surface area contributed by atoms with Crippen LogP contribution in [0, 0.1) is 11.3 Å². The lowest BCUT2D eigenvalue weighted by Crippen LogP contribution is -2.42. The summed E-state index contributed by atoms with van der Waals surface area (Å²) in [6, 6.07) is 0. The number of nitrogens with two attached hydrogens (primary N) is 1. The van der Waals surface area contributed by atoms with Gasteiger partial charge < -0.3 is 21.4 Å². The first kappa shape index (κ1) is 14.7. The first-order valence-corrected chi connectivity index (χ1v) is 6.94. The van der Waals surface area contributed by atoms with Crippen molar-refractivity contribution in [3.05, 3.63) is 23.7 Å². The lowest BCUT2D eigenvalue weighted by atomic mass is 10.0. The maximum Gasteiger partial charge on any atom is 0.257 e. The van der Waals surface area contributed by atoms with Gasteiger partial charge in [-0.2, -0.15) is 0 Å². The number of nitrogens with zero attached hydrogens (tertiary/aromatic N) is 1. The molecule has 1 heterocycles. The fraction of sp³-hybridized carbons (Fsp3) is 0.571. The van der Waals surface area contributed by atoms with Gasteiger partial charge in [-0.05, 0) is 24.3 Å². The van der Waals surface area contributed by atoms with Gasteiger partial charge >= 0.3 is 0 Å². The summed E-state index contributed by atoms with van der Waals surface area (Å²) in [5.74, 6) is 0.540. The van der Waals surface area contributed by atoms with Gasteiger partial charge in [0.05, 0.1) is 11.9 Å².